The monoisotopic (exact) mass is 421 g/mol. The molecular weight excluding hydrogens is 394 g/mol. The highest BCUT2D eigenvalue weighted by Crippen LogP contribution is 2.39. The van der Waals surface area contributed by atoms with Gasteiger partial charge in [0.1, 0.15) is 5.75 Å². The molecule has 0 spiro atoms. The smallest absolute Gasteiger partial charge is 0.171 e. The zero-order valence-corrected chi connectivity index (χ0v) is 18.3. The van der Waals surface area contributed by atoms with Crippen molar-refractivity contribution in [2.24, 2.45) is 13.0 Å². The summed E-state index contributed by atoms with van der Waals surface area (Å²) in [7, 11) is 3.79. The number of aryl methyl sites for hydroxylation is 1. The van der Waals surface area contributed by atoms with E-state index in [-0.39, 0.29) is 5.92 Å². The molecule has 3 aromatic rings. The van der Waals surface area contributed by atoms with Crippen LogP contribution in [-0.2, 0) is 7.05 Å². The lowest BCUT2D eigenvalue weighted by atomic mass is 9.97. The lowest BCUT2D eigenvalue weighted by Gasteiger charge is -2.38. The second kappa shape index (κ2) is 8.00. The van der Waals surface area contributed by atoms with Crippen molar-refractivity contribution >= 4 is 34.1 Å². The number of nitrogens with zero attached hydrogens (tertiary/aromatic N) is 3. The quantitative estimate of drug-likeness (QED) is 0.639. The fourth-order valence-electron chi connectivity index (χ4n) is 4.75. The maximum absolute atomic E-state index is 13.4. The van der Waals surface area contributed by atoms with E-state index in [4.69, 9.17) is 4.74 Å². The Bertz CT molecular complexity index is 1090. The van der Waals surface area contributed by atoms with Crippen LogP contribution in [0.3, 0.4) is 0 Å². The van der Waals surface area contributed by atoms with Crippen molar-refractivity contribution in [1.29, 1.82) is 0 Å². The standard InChI is InChI=1S/C24H27N3O2S/c1-25-19-8-4-3-7-18(19)22-23(28)17(16-30-24(22)25)15-26-11-13-27(14-12-26)20-9-5-6-10-21(20)29-2/h3-10,17H,11-16H2,1-2H3. The molecule has 0 N–H and O–H groups in total. The topological polar surface area (TPSA) is 37.7 Å². The number of anilines is 1. The van der Waals surface area contributed by atoms with Gasteiger partial charge in [0, 0.05) is 62.3 Å². The summed E-state index contributed by atoms with van der Waals surface area (Å²) in [5.74, 6) is 2.16. The molecule has 1 fully saturated rings. The number of rotatable bonds is 4. The molecule has 0 saturated carbocycles. The number of carbonyl (C=O) groups excluding carboxylic acids is 1. The number of benzene rings is 2. The average Bonchev–Trinajstić information content (AvgIpc) is 3.09. The van der Waals surface area contributed by atoms with Gasteiger partial charge in [0.2, 0.25) is 0 Å². The molecule has 1 aromatic heterocycles. The van der Waals surface area contributed by atoms with Crippen LogP contribution in [-0.4, -0.2) is 60.8 Å². The predicted octanol–water partition coefficient (Wildman–Crippen LogP) is 3.91. The first-order valence-electron chi connectivity index (χ1n) is 10.5. The number of ketones is 1. The number of thioether (sulfide) groups is 1. The lowest BCUT2D eigenvalue weighted by molar-refractivity contribution is 0.0889. The zero-order valence-electron chi connectivity index (χ0n) is 17.5. The molecule has 0 bridgehead atoms. The highest BCUT2D eigenvalue weighted by Gasteiger charge is 2.34. The van der Waals surface area contributed by atoms with Gasteiger partial charge in [-0.1, -0.05) is 30.3 Å². The Morgan fingerprint density at radius 1 is 1.03 bits per heavy atom. The van der Waals surface area contributed by atoms with Crippen molar-refractivity contribution < 1.29 is 9.53 Å². The number of methoxy groups -OCH3 is 1. The summed E-state index contributed by atoms with van der Waals surface area (Å²) in [4.78, 5) is 18.2. The van der Waals surface area contributed by atoms with Crippen molar-refractivity contribution in [3.05, 3.63) is 54.1 Å². The molecule has 1 atom stereocenters. The van der Waals surface area contributed by atoms with E-state index >= 15 is 0 Å². The molecule has 5 rings (SSSR count). The Labute approximate surface area is 181 Å². The minimum Gasteiger partial charge on any atom is -0.495 e. The summed E-state index contributed by atoms with van der Waals surface area (Å²) >= 11 is 1.83. The van der Waals surface area contributed by atoms with Crippen molar-refractivity contribution in [2.45, 2.75) is 5.03 Å². The van der Waals surface area contributed by atoms with Crippen LogP contribution in [0.25, 0.3) is 10.9 Å². The first-order valence-corrected chi connectivity index (χ1v) is 11.5. The lowest BCUT2D eigenvalue weighted by Crippen LogP contribution is -2.49. The van der Waals surface area contributed by atoms with E-state index in [1.165, 1.54) is 0 Å². The molecule has 30 heavy (non-hydrogen) atoms. The Balaban J connectivity index is 1.28. The number of para-hydroxylation sites is 3. The van der Waals surface area contributed by atoms with Gasteiger partial charge in [-0.3, -0.25) is 9.69 Å². The predicted molar refractivity (Wildman–Crippen MR) is 123 cm³/mol. The summed E-state index contributed by atoms with van der Waals surface area (Å²) in [6.45, 7) is 4.68. The molecule has 2 aliphatic heterocycles. The van der Waals surface area contributed by atoms with Crippen molar-refractivity contribution in [1.82, 2.24) is 9.47 Å². The number of aromatic nitrogens is 1. The van der Waals surface area contributed by atoms with Crippen LogP contribution in [0.5, 0.6) is 5.75 Å². The maximum atomic E-state index is 13.4. The van der Waals surface area contributed by atoms with E-state index in [2.05, 4.69) is 45.7 Å². The molecule has 2 aromatic carbocycles. The van der Waals surface area contributed by atoms with Gasteiger partial charge in [-0.2, -0.15) is 0 Å². The third kappa shape index (κ3) is 3.28. The molecule has 3 heterocycles. The van der Waals surface area contributed by atoms with E-state index in [9.17, 15) is 4.79 Å². The second-order valence-corrected chi connectivity index (χ2v) is 9.10. The summed E-state index contributed by atoms with van der Waals surface area (Å²) in [5.41, 5.74) is 3.24. The number of piperazine rings is 1. The summed E-state index contributed by atoms with van der Waals surface area (Å²) < 4.78 is 7.70. The molecule has 2 aliphatic rings. The molecule has 0 radical (unpaired) electrons. The van der Waals surface area contributed by atoms with Crippen LogP contribution in [0.4, 0.5) is 5.69 Å². The number of hydrogen-bond acceptors (Lipinski definition) is 5. The number of Topliss-reactive ketones (excluding diaryl/α,β-unsaturated/α-hetero) is 1. The SMILES string of the molecule is COc1ccccc1N1CCN(CC2CSc3c(c4ccccc4n3C)C2=O)CC1. The Hall–Kier alpha value is -2.44. The number of fused-ring (bicyclic) bond motifs is 3. The van der Waals surface area contributed by atoms with Crippen molar-refractivity contribution in [2.75, 3.05) is 50.5 Å². The molecule has 0 aliphatic carbocycles. The Morgan fingerprint density at radius 2 is 1.77 bits per heavy atom. The average molecular weight is 422 g/mol. The van der Waals surface area contributed by atoms with Gasteiger partial charge < -0.3 is 14.2 Å². The van der Waals surface area contributed by atoms with Gasteiger partial charge in [0.15, 0.2) is 5.78 Å². The number of ether oxygens (including phenoxy) is 1. The summed E-state index contributed by atoms with van der Waals surface area (Å²) in [5, 5.41) is 2.22. The molecule has 5 nitrogen and oxygen atoms in total. The fourth-order valence-corrected chi connectivity index (χ4v) is 6.01. The molecule has 1 unspecified atom stereocenters. The van der Waals surface area contributed by atoms with Gasteiger partial charge in [-0.25, -0.2) is 0 Å². The van der Waals surface area contributed by atoms with Gasteiger partial charge in [0.25, 0.3) is 0 Å². The normalized spacial score (nSPS) is 19.9. The largest absolute Gasteiger partial charge is 0.495 e. The minimum atomic E-state index is 0.0612. The Morgan fingerprint density at radius 3 is 2.57 bits per heavy atom. The van der Waals surface area contributed by atoms with Crippen LogP contribution < -0.4 is 9.64 Å². The van der Waals surface area contributed by atoms with Crippen LogP contribution in [0.2, 0.25) is 0 Å². The third-order valence-corrected chi connectivity index (χ3v) is 7.69. The summed E-state index contributed by atoms with van der Waals surface area (Å²) in [6.07, 6.45) is 0. The highest BCUT2D eigenvalue weighted by molar-refractivity contribution is 7.99. The van der Waals surface area contributed by atoms with Gasteiger partial charge in [-0.15, -0.1) is 11.8 Å². The highest BCUT2D eigenvalue weighted by atomic mass is 32.2. The van der Waals surface area contributed by atoms with Gasteiger partial charge in [-0.05, 0) is 18.2 Å². The van der Waals surface area contributed by atoms with Crippen LogP contribution in [0, 0.1) is 5.92 Å². The molecule has 1 saturated heterocycles. The first kappa shape index (κ1) is 19.5. The second-order valence-electron chi connectivity index (χ2n) is 8.09. The number of carbonyl (C=O) groups is 1. The third-order valence-electron chi connectivity index (χ3n) is 6.37. The van der Waals surface area contributed by atoms with Gasteiger partial charge in [0.05, 0.1) is 23.4 Å². The van der Waals surface area contributed by atoms with Crippen LogP contribution in [0.15, 0.2) is 53.6 Å². The molecule has 0 amide bonds. The van der Waals surface area contributed by atoms with Gasteiger partial charge >= 0.3 is 0 Å². The van der Waals surface area contributed by atoms with E-state index in [0.29, 0.717) is 5.78 Å². The summed E-state index contributed by atoms with van der Waals surface area (Å²) in [6, 6.07) is 16.5. The number of hydrogen-bond donors (Lipinski definition) is 0. The van der Waals surface area contributed by atoms with Crippen molar-refractivity contribution in [3.8, 4) is 5.75 Å². The molecule has 6 heteroatoms. The molecule has 156 valence electrons. The van der Waals surface area contributed by atoms with E-state index in [1.807, 2.05) is 36.0 Å². The maximum Gasteiger partial charge on any atom is 0.171 e. The van der Waals surface area contributed by atoms with E-state index < -0.39 is 0 Å². The van der Waals surface area contributed by atoms with Crippen LogP contribution >= 0.6 is 11.8 Å². The molecular formula is C24H27N3O2S. The minimum absolute atomic E-state index is 0.0612. The Kier molecular flexibility index (Phi) is 5.21. The van der Waals surface area contributed by atoms with Crippen molar-refractivity contribution in [3.63, 3.8) is 0 Å². The van der Waals surface area contributed by atoms with E-state index in [0.717, 1.165) is 71.4 Å². The van der Waals surface area contributed by atoms with E-state index in [1.54, 1.807) is 7.11 Å². The fraction of sp³-hybridized carbons (Fsp3) is 0.375. The first-order chi connectivity index (χ1) is 14.7. The zero-order chi connectivity index (χ0) is 20.7. The van der Waals surface area contributed by atoms with Crippen LogP contribution in [0.1, 0.15) is 10.4 Å².